The zero-order chi connectivity index (χ0) is 47.0. The van der Waals surface area contributed by atoms with Crippen molar-refractivity contribution < 1.29 is 47.8 Å². The van der Waals surface area contributed by atoms with Gasteiger partial charge in [-0.05, 0) is 96.3 Å². The van der Waals surface area contributed by atoms with E-state index in [-0.39, 0.29) is 12.8 Å². The number of unbranched alkanes of at least 4 members (excludes halogenated alkanes) is 3. The maximum atomic E-state index is 12.3. The number of aliphatic hydroxyl groups excluding tert-OH is 1. The van der Waals surface area contributed by atoms with Crippen LogP contribution in [0, 0.1) is 0 Å². The summed E-state index contributed by atoms with van der Waals surface area (Å²) >= 11 is 0. The number of allylic oxidation sites excluding steroid dienone is 23. The molecule has 0 aliphatic rings. The molecule has 0 aliphatic carbocycles. The van der Waals surface area contributed by atoms with Crippen LogP contribution in [0.3, 0.4) is 0 Å². The number of nitrogens with one attached hydrogen (secondary N) is 1. The quantitative estimate of drug-likeness (QED) is 0.0201. The molecule has 4 N–H and O–H groups in total. The fraction of sp³-hybridized carbons (Fsp3) is 0.481. The molecule has 0 saturated heterocycles. The summed E-state index contributed by atoms with van der Waals surface area (Å²) in [4.78, 5) is 45.9. The Kier molecular flexibility index (Phi) is 41.7. The van der Waals surface area contributed by atoms with E-state index < -0.39 is 57.6 Å². The molecule has 0 heterocycles. The van der Waals surface area contributed by atoms with Crippen molar-refractivity contribution in [2.75, 3.05) is 19.8 Å². The minimum absolute atomic E-state index is 0.101. The first-order valence-electron chi connectivity index (χ1n) is 22.9. The highest BCUT2D eigenvalue weighted by Crippen LogP contribution is 2.43. The summed E-state index contributed by atoms with van der Waals surface area (Å²) in [7, 11) is -4.81. The van der Waals surface area contributed by atoms with E-state index >= 15 is 0 Å². The fourth-order valence-electron chi connectivity index (χ4n) is 5.18. The second-order valence-corrected chi connectivity index (χ2v) is 15.9. The Morgan fingerprint density at radius 2 is 0.891 bits per heavy atom. The molecule has 0 aromatic heterocycles. The molecule has 0 aromatic carbocycles. The second kappa shape index (κ2) is 44.9. The average Bonchev–Trinajstić information content (AvgIpc) is 3.27. The molecule has 0 saturated carbocycles. The Morgan fingerprint density at radius 3 is 1.30 bits per heavy atom. The lowest BCUT2D eigenvalue weighted by Crippen LogP contribution is -2.43. The highest BCUT2D eigenvalue weighted by molar-refractivity contribution is 7.47. The summed E-state index contributed by atoms with van der Waals surface area (Å²) < 4.78 is 26.8. The van der Waals surface area contributed by atoms with Crippen molar-refractivity contribution >= 4 is 25.7 Å². The van der Waals surface area contributed by atoms with E-state index in [1.165, 1.54) is 0 Å². The molecule has 0 radical (unpaired) electrons. The number of carbonyl (C=O) groups excluding carboxylic acids is 2. The van der Waals surface area contributed by atoms with Crippen LogP contribution in [0.15, 0.2) is 146 Å². The molecule has 12 heteroatoms. The van der Waals surface area contributed by atoms with Gasteiger partial charge >= 0.3 is 19.8 Å². The normalized spacial score (nSPS) is 14.9. The Morgan fingerprint density at radius 1 is 0.516 bits per heavy atom. The van der Waals surface area contributed by atoms with Gasteiger partial charge < -0.3 is 25.2 Å². The van der Waals surface area contributed by atoms with Crippen LogP contribution >= 0.6 is 7.82 Å². The predicted molar refractivity (Wildman–Crippen MR) is 262 cm³/mol. The third-order valence-corrected chi connectivity index (χ3v) is 9.60. The first kappa shape index (κ1) is 59.4. The number of carboxylic acid groups (broad SMARTS) is 1. The van der Waals surface area contributed by atoms with Gasteiger partial charge in [0.1, 0.15) is 12.7 Å². The van der Waals surface area contributed by atoms with E-state index in [9.17, 15) is 34.1 Å². The Bertz CT molecular complexity index is 1630. The molecule has 0 bridgehead atoms. The van der Waals surface area contributed by atoms with Crippen LogP contribution in [0.25, 0.3) is 0 Å². The molecule has 3 unspecified atom stereocenters. The van der Waals surface area contributed by atoms with Crippen molar-refractivity contribution in [1.82, 2.24) is 5.32 Å². The third kappa shape index (κ3) is 44.0. The van der Waals surface area contributed by atoms with E-state index in [0.29, 0.717) is 12.8 Å². The van der Waals surface area contributed by atoms with Gasteiger partial charge in [0.25, 0.3) is 0 Å². The van der Waals surface area contributed by atoms with Gasteiger partial charge in [-0.25, -0.2) is 9.36 Å². The third-order valence-electron chi connectivity index (χ3n) is 8.65. The fourth-order valence-corrected chi connectivity index (χ4v) is 5.96. The van der Waals surface area contributed by atoms with Gasteiger partial charge in [-0.15, -0.1) is 0 Å². The average molecular weight is 908 g/mol. The molecular weight excluding hydrogens is 830 g/mol. The smallest absolute Gasteiger partial charge is 0.472 e. The number of hydrogen-bond acceptors (Lipinski definition) is 8. The zero-order valence-corrected chi connectivity index (χ0v) is 39.4. The van der Waals surface area contributed by atoms with Crippen molar-refractivity contribution in [2.45, 2.75) is 142 Å². The van der Waals surface area contributed by atoms with Crippen LogP contribution in [0.2, 0.25) is 0 Å². The van der Waals surface area contributed by atoms with Gasteiger partial charge in [0.15, 0.2) is 6.04 Å². The number of ether oxygens (including phenoxy) is 1. The lowest BCUT2D eigenvalue weighted by Gasteiger charge is -2.18. The number of hydrogen-bond donors (Lipinski definition) is 4. The number of phosphoric ester groups is 1. The highest BCUT2D eigenvalue weighted by atomic mass is 31.2. The van der Waals surface area contributed by atoms with Crippen LogP contribution in [-0.4, -0.2) is 64.9 Å². The molecule has 64 heavy (non-hydrogen) atoms. The van der Waals surface area contributed by atoms with E-state index in [4.69, 9.17) is 13.8 Å². The Labute approximate surface area is 384 Å². The van der Waals surface area contributed by atoms with Crippen LogP contribution in [0.5, 0.6) is 0 Å². The number of esters is 1. The number of aliphatic hydroxyl groups is 1. The minimum atomic E-state index is -4.81. The molecule has 1 amide bonds. The molecule has 0 spiro atoms. The highest BCUT2D eigenvalue weighted by Gasteiger charge is 2.28. The van der Waals surface area contributed by atoms with Crippen molar-refractivity contribution in [3.63, 3.8) is 0 Å². The molecule has 0 fully saturated rings. The topological polar surface area (TPSA) is 169 Å². The second-order valence-electron chi connectivity index (χ2n) is 14.5. The van der Waals surface area contributed by atoms with Crippen LogP contribution in [-0.2, 0) is 32.7 Å². The lowest BCUT2D eigenvalue weighted by atomic mass is 10.1. The predicted octanol–water partition coefficient (Wildman–Crippen LogP) is 12.3. The summed E-state index contributed by atoms with van der Waals surface area (Å²) in [6.07, 6.45) is 63.3. The Balaban J connectivity index is 4.10. The molecule has 356 valence electrons. The Hall–Kier alpha value is -4.64. The van der Waals surface area contributed by atoms with E-state index in [2.05, 4.69) is 141 Å². The van der Waals surface area contributed by atoms with Gasteiger partial charge in [0, 0.05) is 12.8 Å². The van der Waals surface area contributed by atoms with Gasteiger partial charge in [0.2, 0.25) is 5.91 Å². The summed E-state index contributed by atoms with van der Waals surface area (Å²) in [5, 5.41) is 21.8. The van der Waals surface area contributed by atoms with Crippen LogP contribution in [0.4, 0.5) is 0 Å². The summed E-state index contributed by atoms with van der Waals surface area (Å²) in [5.74, 6) is -2.61. The number of phosphoric acid groups is 1. The number of aliphatic carboxylic acids is 1. The van der Waals surface area contributed by atoms with Gasteiger partial charge in [-0.3, -0.25) is 18.6 Å². The standard InChI is InChI=1S/C52H78NO10P/c1-3-5-7-9-11-13-15-17-19-21-23-24-26-27-29-31-33-35-37-39-41-43-50(55)53-49(52(57)58)47-63-64(59,60)62-46-48(54)45-61-51(56)44-42-40-38-36-34-32-30-28-25-22-20-18-16-14-12-10-8-6-4-2/h5-8,11-14,17-20,23-25,27-29,32-35,39,41,48-49,54H,3-4,9-10,15-16,21-22,26,30-31,36-38,40,42-47H2,1-2H3,(H,53,55)(H,57,58)(H,59,60)/b7-5-,8-6-,13-11-,14-12-,19-17-,20-18-,24-23-,28-25-,29-27-,34-32-,35-33-,41-39-. The molecule has 0 aliphatic heterocycles. The number of carboxylic acids is 1. The van der Waals surface area contributed by atoms with Crippen molar-refractivity contribution in [3.05, 3.63) is 146 Å². The van der Waals surface area contributed by atoms with Crippen LogP contribution < -0.4 is 5.32 Å². The molecule has 3 atom stereocenters. The van der Waals surface area contributed by atoms with Crippen LogP contribution in [0.1, 0.15) is 129 Å². The molecule has 11 nitrogen and oxygen atoms in total. The number of carbonyl (C=O) groups is 3. The maximum Gasteiger partial charge on any atom is 0.472 e. The summed E-state index contributed by atoms with van der Waals surface area (Å²) in [6.45, 7) is 2.23. The SMILES string of the molecule is CC/C=C\C/C=C\C/C=C\C/C=C\C/C=C\C/C=C\C/C=C\CC(=O)NC(COP(=O)(O)OCC(O)COC(=O)CCCCC/C=C\C/C=C\C/C=C\C/C=C\C/C=C\CC)C(=O)O. The summed E-state index contributed by atoms with van der Waals surface area (Å²) in [6, 6.07) is -1.62. The molecular formula is C52H78NO10P. The maximum absolute atomic E-state index is 12.3. The van der Waals surface area contributed by atoms with E-state index in [0.717, 1.165) is 89.9 Å². The van der Waals surface area contributed by atoms with Crippen molar-refractivity contribution in [1.29, 1.82) is 0 Å². The summed E-state index contributed by atoms with van der Waals surface area (Å²) in [5.41, 5.74) is 0. The van der Waals surface area contributed by atoms with Gasteiger partial charge in [-0.2, -0.15) is 0 Å². The van der Waals surface area contributed by atoms with Crippen molar-refractivity contribution in [2.24, 2.45) is 0 Å². The zero-order valence-electron chi connectivity index (χ0n) is 38.5. The first-order chi connectivity index (χ1) is 31.1. The first-order valence-corrected chi connectivity index (χ1v) is 24.4. The van der Waals surface area contributed by atoms with Gasteiger partial charge in [0.05, 0.1) is 13.2 Å². The van der Waals surface area contributed by atoms with Crippen molar-refractivity contribution in [3.8, 4) is 0 Å². The monoisotopic (exact) mass is 908 g/mol. The molecule has 0 rings (SSSR count). The van der Waals surface area contributed by atoms with E-state index in [1.54, 1.807) is 12.2 Å². The number of amides is 1. The molecule has 0 aromatic rings. The van der Waals surface area contributed by atoms with Gasteiger partial charge in [-0.1, -0.05) is 166 Å². The minimum Gasteiger partial charge on any atom is -0.480 e. The number of rotatable bonds is 40. The van der Waals surface area contributed by atoms with E-state index in [1.807, 2.05) is 12.2 Å². The lowest BCUT2D eigenvalue weighted by molar-refractivity contribution is -0.147. The largest absolute Gasteiger partial charge is 0.480 e.